The summed E-state index contributed by atoms with van der Waals surface area (Å²) in [5.74, 6) is 0.496. The van der Waals surface area contributed by atoms with Crippen molar-refractivity contribution in [1.82, 2.24) is 15.1 Å². The molecule has 2 amide bonds. The summed E-state index contributed by atoms with van der Waals surface area (Å²) in [7, 11) is 2.14. The van der Waals surface area contributed by atoms with Crippen LogP contribution >= 0.6 is 0 Å². The predicted octanol–water partition coefficient (Wildman–Crippen LogP) is -0.308. The standard InChI is InChI=1S/C15H25N3O3/c1-17-6-2-11(3-7-17)14-12(4-9-21-14)15(20)18-8-5-16-13(19)10-18/h11-12,14H,2-10H2,1H3,(H,16,19)/t12-,14+/m0/s1. The van der Waals surface area contributed by atoms with Crippen LogP contribution in [-0.4, -0.2) is 74.1 Å². The first-order valence-electron chi connectivity index (χ1n) is 8.01. The summed E-state index contributed by atoms with van der Waals surface area (Å²) < 4.78 is 5.91. The summed E-state index contributed by atoms with van der Waals surface area (Å²) in [5, 5.41) is 2.77. The van der Waals surface area contributed by atoms with Gasteiger partial charge in [-0.25, -0.2) is 0 Å². The van der Waals surface area contributed by atoms with Gasteiger partial charge in [-0.15, -0.1) is 0 Å². The molecule has 6 nitrogen and oxygen atoms in total. The summed E-state index contributed by atoms with van der Waals surface area (Å²) in [6.45, 7) is 4.23. The maximum Gasteiger partial charge on any atom is 0.239 e. The van der Waals surface area contributed by atoms with E-state index in [1.807, 2.05) is 0 Å². The average Bonchev–Trinajstić information content (AvgIpc) is 2.96. The van der Waals surface area contributed by atoms with Crippen LogP contribution in [0.5, 0.6) is 0 Å². The van der Waals surface area contributed by atoms with Crippen LogP contribution in [0.2, 0.25) is 0 Å². The van der Waals surface area contributed by atoms with Crippen LogP contribution in [0.1, 0.15) is 19.3 Å². The van der Waals surface area contributed by atoms with E-state index in [9.17, 15) is 9.59 Å². The molecule has 0 radical (unpaired) electrons. The SMILES string of the molecule is CN1CCC([C@H]2OCC[C@@H]2C(=O)N2CCNC(=O)C2)CC1. The van der Waals surface area contributed by atoms with Gasteiger partial charge in [-0.1, -0.05) is 0 Å². The van der Waals surface area contributed by atoms with E-state index in [-0.39, 0.29) is 30.4 Å². The van der Waals surface area contributed by atoms with Gasteiger partial charge in [0.25, 0.3) is 0 Å². The van der Waals surface area contributed by atoms with E-state index in [0.29, 0.717) is 25.6 Å². The number of piperidine rings is 1. The molecule has 0 aromatic heterocycles. The minimum absolute atomic E-state index is 0.0515. The lowest BCUT2D eigenvalue weighted by Crippen LogP contribution is -2.53. The molecule has 3 fully saturated rings. The van der Waals surface area contributed by atoms with Crippen molar-refractivity contribution in [2.24, 2.45) is 11.8 Å². The number of nitrogens with zero attached hydrogens (tertiary/aromatic N) is 2. The zero-order chi connectivity index (χ0) is 14.8. The first-order chi connectivity index (χ1) is 10.1. The van der Waals surface area contributed by atoms with Gasteiger partial charge in [-0.2, -0.15) is 0 Å². The highest BCUT2D eigenvalue weighted by Gasteiger charge is 2.42. The monoisotopic (exact) mass is 295 g/mol. The molecule has 0 saturated carbocycles. The first kappa shape index (κ1) is 14.8. The number of ether oxygens (including phenoxy) is 1. The number of likely N-dealkylation sites (tertiary alicyclic amines) is 1. The average molecular weight is 295 g/mol. The molecule has 21 heavy (non-hydrogen) atoms. The third-order valence-electron chi connectivity index (χ3n) is 5.03. The molecule has 2 atom stereocenters. The zero-order valence-electron chi connectivity index (χ0n) is 12.7. The Morgan fingerprint density at radius 2 is 2.00 bits per heavy atom. The molecule has 6 heteroatoms. The molecule has 0 aromatic carbocycles. The number of hydrogen-bond acceptors (Lipinski definition) is 4. The molecule has 3 saturated heterocycles. The quantitative estimate of drug-likeness (QED) is 0.759. The molecule has 3 heterocycles. The van der Waals surface area contributed by atoms with Gasteiger partial charge in [0.05, 0.1) is 18.6 Å². The van der Waals surface area contributed by atoms with E-state index in [1.165, 1.54) is 0 Å². The molecule has 3 aliphatic rings. The zero-order valence-corrected chi connectivity index (χ0v) is 12.7. The second-order valence-electron chi connectivity index (χ2n) is 6.48. The maximum atomic E-state index is 12.7. The number of nitrogens with one attached hydrogen (secondary N) is 1. The lowest BCUT2D eigenvalue weighted by Gasteiger charge is -2.36. The number of carbonyl (C=O) groups is 2. The smallest absolute Gasteiger partial charge is 0.239 e. The number of hydrogen-bond donors (Lipinski definition) is 1. The normalized spacial score (nSPS) is 32.2. The van der Waals surface area contributed by atoms with Gasteiger partial charge >= 0.3 is 0 Å². The van der Waals surface area contributed by atoms with Gasteiger partial charge in [0.1, 0.15) is 0 Å². The van der Waals surface area contributed by atoms with Crippen molar-refractivity contribution >= 4 is 11.8 Å². The fourth-order valence-corrected chi connectivity index (χ4v) is 3.76. The molecule has 0 spiro atoms. The Labute approximate surface area is 125 Å². The van der Waals surface area contributed by atoms with Crippen LogP contribution in [0, 0.1) is 11.8 Å². The highest BCUT2D eigenvalue weighted by molar-refractivity contribution is 5.87. The van der Waals surface area contributed by atoms with Gasteiger partial charge in [-0.3, -0.25) is 9.59 Å². The maximum absolute atomic E-state index is 12.7. The highest BCUT2D eigenvalue weighted by Crippen LogP contribution is 2.34. The Balaban J connectivity index is 1.63. The summed E-state index contributed by atoms with van der Waals surface area (Å²) in [5.41, 5.74) is 0. The minimum atomic E-state index is -0.0516. The van der Waals surface area contributed by atoms with Gasteiger partial charge in [0.2, 0.25) is 11.8 Å². The van der Waals surface area contributed by atoms with Gasteiger partial charge in [0.15, 0.2) is 0 Å². The van der Waals surface area contributed by atoms with Crippen LogP contribution < -0.4 is 5.32 Å². The molecular formula is C15H25N3O3. The number of rotatable bonds is 2. The van der Waals surface area contributed by atoms with Gasteiger partial charge in [0, 0.05) is 19.7 Å². The molecule has 3 rings (SSSR count). The highest BCUT2D eigenvalue weighted by atomic mass is 16.5. The summed E-state index contributed by atoms with van der Waals surface area (Å²) in [6.07, 6.45) is 3.06. The minimum Gasteiger partial charge on any atom is -0.377 e. The Bertz CT molecular complexity index is 407. The van der Waals surface area contributed by atoms with E-state index in [2.05, 4.69) is 17.3 Å². The van der Waals surface area contributed by atoms with Gasteiger partial charge in [-0.05, 0) is 45.3 Å². The Morgan fingerprint density at radius 3 is 2.71 bits per heavy atom. The topological polar surface area (TPSA) is 61.9 Å². The molecule has 0 aromatic rings. The summed E-state index contributed by atoms with van der Waals surface area (Å²) in [4.78, 5) is 28.2. The molecule has 118 valence electrons. The fourth-order valence-electron chi connectivity index (χ4n) is 3.76. The molecule has 3 aliphatic heterocycles. The van der Waals surface area contributed by atoms with E-state index in [0.717, 1.165) is 32.4 Å². The first-order valence-corrected chi connectivity index (χ1v) is 8.01. The lowest BCUT2D eigenvalue weighted by atomic mass is 9.83. The van der Waals surface area contributed by atoms with Crippen molar-refractivity contribution in [3.8, 4) is 0 Å². The molecular weight excluding hydrogens is 270 g/mol. The third kappa shape index (κ3) is 3.21. The summed E-state index contributed by atoms with van der Waals surface area (Å²) in [6, 6.07) is 0. The Kier molecular flexibility index (Phi) is 4.45. The van der Waals surface area contributed by atoms with E-state index in [4.69, 9.17) is 4.74 Å². The van der Waals surface area contributed by atoms with Crippen LogP contribution in [0.25, 0.3) is 0 Å². The van der Waals surface area contributed by atoms with Crippen LogP contribution in [0.4, 0.5) is 0 Å². The third-order valence-corrected chi connectivity index (χ3v) is 5.03. The number of amides is 2. The largest absolute Gasteiger partial charge is 0.377 e. The number of piperazine rings is 1. The molecule has 0 aliphatic carbocycles. The van der Waals surface area contributed by atoms with Gasteiger partial charge < -0.3 is 19.9 Å². The second-order valence-corrected chi connectivity index (χ2v) is 6.48. The van der Waals surface area contributed by atoms with Crippen LogP contribution in [-0.2, 0) is 14.3 Å². The second kappa shape index (κ2) is 6.32. The van der Waals surface area contributed by atoms with Crippen LogP contribution in [0.3, 0.4) is 0 Å². The fraction of sp³-hybridized carbons (Fsp3) is 0.867. The summed E-state index contributed by atoms with van der Waals surface area (Å²) >= 11 is 0. The molecule has 0 unspecified atom stereocenters. The molecule has 0 bridgehead atoms. The van der Waals surface area contributed by atoms with Crippen molar-refractivity contribution in [3.63, 3.8) is 0 Å². The van der Waals surface area contributed by atoms with E-state index >= 15 is 0 Å². The predicted molar refractivity (Wildman–Crippen MR) is 77.7 cm³/mol. The lowest BCUT2D eigenvalue weighted by molar-refractivity contribution is -0.144. The van der Waals surface area contributed by atoms with Crippen molar-refractivity contribution < 1.29 is 14.3 Å². The van der Waals surface area contributed by atoms with E-state index in [1.54, 1.807) is 4.90 Å². The van der Waals surface area contributed by atoms with E-state index < -0.39 is 0 Å². The van der Waals surface area contributed by atoms with Crippen molar-refractivity contribution in [1.29, 1.82) is 0 Å². The van der Waals surface area contributed by atoms with Crippen LogP contribution in [0.15, 0.2) is 0 Å². The molecule has 1 N–H and O–H groups in total. The number of carbonyl (C=O) groups excluding carboxylic acids is 2. The van der Waals surface area contributed by atoms with Crippen molar-refractivity contribution in [2.75, 3.05) is 46.4 Å². The van der Waals surface area contributed by atoms with Crippen molar-refractivity contribution in [3.05, 3.63) is 0 Å². The Morgan fingerprint density at radius 1 is 1.24 bits per heavy atom. The Hall–Kier alpha value is -1.14. The van der Waals surface area contributed by atoms with Crippen molar-refractivity contribution in [2.45, 2.75) is 25.4 Å².